The van der Waals surface area contributed by atoms with Crippen LogP contribution in [0.5, 0.6) is 0 Å². The lowest BCUT2D eigenvalue weighted by atomic mass is 10.2. The summed E-state index contributed by atoms with van der Waals surface area (Å²) in [6.45, 7) is 2.27. The number of carbonyl (C=O) groups is 2. The van der Waals surface area contributed by atoms with E-state index in [1.807, 2.05) is 11.1 Å². The average Bonchev–Trinajstić information content (AvgIpc) is 2.92. The molecule has 2 aliphatic heterocycles. The Morgan fingerprint density at radius 1 is 1.43 bits per heavy atom. The Kier molecular flexibility index (Phi) is 5.38. The van der Waals surface area contributed by atoms with Crippen molar-refractivity contribution in [2.24, 2.45) is 0 Å². The second kappa shape index (κ2) is 7.26. The van der Waals surface area contributed by atoms with E-state index in [-0.39, 0.29) is 31.8 Å². The third kappa shape index (κ3) is 4.90. The Morgan fingerprint density at radius 2 is 2.24 bits per heavy atom. The Labute approximate surface area is 124 Å². The van der Waals surface area contributed by atoms with Gasteiger partial charge in [0.1, 0.15) is 12.8 Å². The first kappa shape index (κ1) is 15.6. The molecule has 1 N–H and O–H groups in total. The minimum atomic E-state index is -0.997. The number of carbonyl (C=O) groups excluding carboxylic acids is 1. The number of carboxylic acid groups (broad SMARTS) is 1. The maximum Gasteiger partial charge on any atom is 0.306 e. The summed E-state index contributed by atoms with van der Waals surface area (Å²) in [6, 6.07) is 0. The molecule has 0 saturated carbocycles. The van der Waals surface area contributed by atoms with Crippen molar-refractivity contribution in [1.29, 1.82) is 0 Å². The Hall–Kier alpha value is -1.82. The van der Waals surface area contributed by atoms with Crippen LogP contribution in [0.25, 0.3) is 0 Å². The van der Waals surface area contributed by atoms with E-state index in [1.165, 1.54) is 5.57 Å². The Bertz CT molecular complexity index is 457. The van der Waals surface area contributed by atoms with Crippen LogP contribution >= 0.6 is 0 Å². The lowest BCUT2D eigenvalue weighted by Crippen LogP contribution is -2.29. The summed E-state index contributed by atoms with van der Waals surface area (Å²) in [5, 5.41) is 8.49. The van der Waals surface area contributed by atoms with Crippen molar-refractivity contribution in [1.82, 2.24) is 4.90 Å². The van der Waals surface area contributed by atoms with E-state index in [4.69, 9.17) is 14.6 Å². The van der Waals surface area contributed by atoms with E-state index in [0.29, 0.717) is 0 Å². The number of esters is 1. The molecule has 2 aliphatic rings. The summed E-state index contributed by atoms with van der Waals surface area (Å²) >= 11 is 0. The number of hydrogen-bond donors (Lipinski definition) is 1. The molecule has 2 unspecified atom stereocenters. The van der Waals surface area contributed by atoms with Gasteiger partial charge in [-0.3, -0.25) is 9.59 Å². The van der Waals surface area contributed by atoms with E-state index in [2.05, 4.69) is 19.2 Å². The number of hydrogen-bond acceptors (Lipinski definition) is 5. The molecular weight excluding hydrogens is 274 g/mol. The highest BCUT2D eigenvalue weighted by Crippen LogP contribution is 2.26. The highest BCUT2D eigenvalue weighted by molar-refractivity contribution is 5.76. The Balaban J connectivity index is 1.70. The summed E-state index contributed by atoms with van der Waals surface area (Å²) < 4.78 is 10.9. The molecule has 0 amide bonds. The summed E-state index contributed by atoms with van der Waals surface area (Å²) in [5.41, 5.74) is 1.28. The number of rotatable bonds is 6. The van der Waals surface area contributed by atoms with Crippen LogP contribution in [-0.4, -0.2) is 40.9 Å². The van der Waals surface area contributed by atoms with Gasteiger partial charge in [0.15, 0.2) is 0 Å². The summed E-state index contributed by atoms with van der Waals surface area (Å²) in [7, 11) is 0. The van der Waals surface area contributed by atoms with Gasteiger partial charge in [0.05, 0.1) is 18.9 Å². The average molecular weight is 295 g/mol. The van der Waals surface area contributed by atoms with Crippen molar-refractivity contribution >= 4 is 11.9 Å². The number of aliphatic carboxylic acids is 1. The van der Waals surface area contributed by atoms with Gasteiger partial charge in [0.2, 0.25) is 0 Å². The molecule has 0 aromatic carbocycles. The highest BCUT2D eigenvalue weighted by Gasteiger charge is 2.29. The van der Waals surface area contributed by atoms with Gasteiger partial charge in [-0.2, -0.15) is 0 Å². The standard InChI is InChI=1S/C15H21NO5/c1-11-3-2-8-16(9-11)13-5-4-12(21-13)10-20-15(19)7-6-14(17)18/h2,8-9,12-13H,3-7,10H2,1H3,(H,17,18). The fourth-order valence-corrected chi connectivity index (χ4v) is 2.39. The van der Waals surface area contributed by atoms with Gasteiger partial charge in [-0.1, -0.05) is 11.6 Å². The molecular formula is C15H21NO5. The van der Waals surface area contributed by atoms with Gasteiger partial charge in [0.25, 0.3) is 0 Å². The zero-order valence-corrected chi connectivity index (χ0v) is 12.2. The quantitative estimate of drug-likeness (QED) is 0.756. The van der Waals surface area contributed by atoms with Crippen LogP contribution in [0.1, 0.15) is 39.0 Å². The summed E-state index contributed by atoms with van der Waals surface area (Å²) in [5.74, 6) is -1.48. The topological polar surface area (TPSA) is 76.1 Å². The molecule has 0 aliphatic carbocycles. The molecule has 0 bridgehead atoms. The largest absolute Gasteiger partial charge is 0.481 e. The van der Waals surface area contributed by atoms with Gasteiger partial charge < -0.3 is 19.5 Å². The predicted molar refractivity (Wildman–Crippen MR) is 75.1 cm³/mol. The molecule has 2 heterocycles. The van der Waals surface area contributed by atoms with E-state index >= 15 is 0 Å². The molecule has 1 saturated heterocycles. The van der Waals surface area contributed by atoms with E-state index < -0.39 is 11.9 Å². The SMILES string of the molecule is CC1=CN(C2CCC(COC(=O)CCC(=O)O)O2)C=CC1. The third-order valence-electron chi connectivity index (χ3n) is 3.48. The van der Waals surface area contributed by atoms with E-state index in [0.717, 1.165) is 19.3 Å². The van der Waals surface area contributed by atoms with E-state index in [9.17, 15) is 9.59 Å². The number of carboxylic acids is 1. The smallest absolute Gasteiger partial charge is 0.306 e. The fourth-order valence-electron chi connectivity index (χ4n) is 2.39. The molecule has 0 radical (unpaired) electrons. The molecule has 2 rings (SSSR count). The van der Waals surface area contributed by atoms with E-state index in [1.54, 1.807) is 0 Å². The van der Waals surface area contributed by atoms with Crippen LogP contribution in [0.15, 0.2) is 24.0 Å². The summed E-state index contributed by atoms with van der Waals surface area (Å²) in [4.78, 5) is 23.8. The molecule has 116 valence electrons. The molecule has 6 heteroatoms. The minimum absolute atomic E-state index is 0.0146. The van der Waals surface area contributed by atoms with Crippen molar-refractivity contribution in [2.75, 3.05) is 6.61 Å². The van der Waals surface area contributed by atoms with Crippen molar-refractivity contribution in [2.45, 2.75) is 51.4 Å². The van der Waals surface area contributed by atoms with Crippen LogP contribution in [0, 0.1) is 0 Å². The van der Waals surface area contributed by atoms with Crippen LogP contribution in [-0.2, 0) is 19.1 Å². The van der Waals surface area contributed by atoms with Crippen molar-refractivity contribution < 1.29 is 24.2 Å². The van der Waals surface area contributed by atoms with Gasteiger partial charge in [-0.25, -0.2) is 0 Å². The van der Waals surface area contributed by atoms with Crippen LogP contribution < -0.4 is 0 Å². The zero-order chi connectivity index (χ0) is 15.2. The molecule has 21 heavy (non-hydrogen) atoms. The van der Waals surface area contributed by atoms with Crippen molar-refractivity contribution in [3.05, 3.63) is 24.0 Å². The first-order valence-electron chi connectivity index (χ1n) is 7.19. The molecule has 6 nitrogen and oxygen atoms in total. The predicted octanol–water partition coefficient (Wildman–Crippen LogP) is 2.02. The number of allylic oxidation sites excluding steroid dienone is 2. The van der Waals surface area contributed by atoms with Crippen molar-refractivity contribution in [3.8, 4) is 0 Å². The van der Waals surface area contributed by atoms with Crippen LogP contribution in [0.3, 0.4) is 0 Å². The van der Waals surface area contributed by atoms with Gasteiger partial charge in [-0.05, 0) is 26.2 Å². The number of nitrogens with zero attached hydrogens (tertiary/aromatic N) is 1. The first-order valence-corrected chi connectivity index (χ1v) is 7.19. The van der Waals surface area contributed by atoms with Crippen molar-refractivity contribution in [3.63, 3.8) is 0 Å². The monoisotopic (exact) mass is 295 g/mol. The zero-order valence-electron chi connectivity index (χ0n) is 12.2. The maximum absolute atomic E-state index is 11.4. The highest BCUT2D eigenvalue weighted by atomic mass is 16.6. The third-order valence-corrected chi connectivity index (χ3v) is 3.48. The molecule has 2 atom stereocenters. The number of ether oxygens (including phenoxy) is 2. The van der Waals surface area contributed by atoms with Gasteiger partial charge >= 0.3 is 11.9 Å². The van der Waals surface area contributed by atoms with Gasteiger partial charge in [0, 0.05) is 12.4 Å². The van der Waals surface area contributed by atoms with Gasteiger partial charge in [-0.15, -0.1) is 0 Å². The minimum Gasteiger partial charge on any atom is -0.481 e. The Morgan fingerprint density at radius 3 is 2.95 bits per heavy atom. The second-order valence-electron chi connectivity index (χ2n) is 5.38. The molecule has 0 aromatic heterocycles. The second-order valence-corrected chi connectivity index (χ2v) is 5.38. The fraction of sp³-hybridized carbons (Fsp3) is 0.600. The van der Waals surface area contributed by atoms with Crippen LogP contribution in [0.4, 0.5) is 0 Å². The first-order chi connectivity index (χ1) is 10.0. The lowest BCUT2D eigenvalue weighted by Gasteiger charge is -2.26. The molecule has 0 aromatic rings. The normalized spacial score (nSPS) is 24.8. The molecule has 1 fully saturated rings. The van der Waals surface area contributed by atoms with Crippen LogP contribution in [0.2, 0.25) is 0 Å². The summed E-state index contributed by atoms with van der Waals surface area (Å²) in [6.07, 6.45) is 8.43. The maximum atomic E-state index is 11.4. The lowest BCUT2D eigenvalue weighted by molar-refractivity contribution is -0.151. The molecule has 0 spiro atoms.